The predicted octanol–water partition coefficient (Wildman–Crippen LogP) is 2.50. The minimum Gasteiger partial charge on any atom is -0.314 e. The highest BCUT2D eigenvalue weighted by molar-refractivity contribution is 4.81. The molecule has 0 amide bonds. The molecule has 0 radical (unpaired) electrons. The van der Waals surface area contributed by atoms with Crippen molar-refractivity contribution in [1.82, 2.24) is 10.2 Å². The van der Waals surface area contributed by atoms with Crippen LogP contribution in [0.2, 0.25) is 0 Å². The van der Waals surface area contributed by atoms with E-state index in [9.17, 15) is 0 Å². The Balaban J connectivity index is 1.69. The minimum absolute atomic E-state index is 0.703. The van der Waals surface area contributed by atoms with Crippen molar-refractivity contribution in [3.63, 3.8) is 0 Å². The van der Waals surface area contributed by atoms with E-state index in [1.54, 1.807) is 0 Å². The van der Waals surface area contributed by atoms with Crippen LogP contribution in [0, 0.1) is 11.8 Å². The molecule has 1 aliphatic carbocycles. The number of nitrogens with one attached hydrogen (secondary N) is 1. The van der Waals surface area contributed by atoms with Gasteiger partial charge in [-0.15, -0.1) is 0 Å². The molecule has 1 aliphatic heterocycles. The Morgan fingerprint density at radius 2 is 2.12 bits per heavy atom. The molecule has 2 nitrogen and oxygen atoms in total. The highest BCUT2D eigenvalue weighted by Crippen LogP contribution is 2.33. The first kappa shape index (κ1) is 12.4. The van der Waals surface area contributed by atoms with E-state index in [1.165, 1.54) is 51.7 Å². The van der Waals surface area contributed by atoms with Crippen molar-refractivity contribution in [3.8, 4) is 0 Å². The molecule has 2 aliphatic rings. The molecular weight excluding hydrogens is 196 g/mol. The van der Waals surface area contributed by atoms with Crippen LogP contribution in [0.15, 0.2) is 0 Å². The maximum Gasteiger partial charge on any atom is 0.00791 e. The van der Waals surface area contributed by atoms with Gasteiger partial charge in [-0.1, -0.05) is 19.8 Å². The first-order chi connectivity index (χ1) is 7.79. The fraction of sp³-hybridized carbons (Fsp3) is 1.00. The van der Waals surface area contributed by atoms with Gasteiger partial charge in [0.25, 0.3) is 0 Å². The molecule has 16 heavy (non-hydrogen) atoms. The summed E-state index contributed by atoms with van der Waals surface area (Å²) in [5.41, 5.74) is 0. The smallest absolute Gasteiger partial charge is 0.00791 e. The second-order valence-corrected chi connectivity index (χ2v) is 5.78. The maximum absolute atomic E-state index is 3.59. The summed E-state index contributed by atoms with van der Waals surface area (Å²) in [4.78, 5) is 2.71. The summed E-state index contributed by atoms with van der Waals surface area (Å²) in [7, 11) is 0. The average Bonchev–Trinajstić information content (AvgIpc) is 3.11. The lowest BCUT2D eigenvalue weighted by Gasteiger charge is -2.36. The van der Waals surface area contributed by atoms with Crippen LogP contribution in [0.5, 0.6) is 0 Å². The summed E-state index contributed by atoms with van der Waals surface area (Å²) in [6.45, 7) is 9.73. The molecule has 94 valence electrons. The van der Waals surface area contributed by atoms with Gasteiger partial charge in [-0.3, -0.25) is 0 Å². The van der Waals surface area contributed by atoms with E-state index < -0.39 is 0 Å². The third-order valence-electron chi connectivity index (χ3n) is 4.33. The van der Waals surface area contributed by atoms with Gasteiger partial charge >= 0.3 is 0 Å². The topological polar surface area (TPSA) is 15.3 Å². The number of hydrogen-bond acceptors (Lipinski definition) is 2. The summed E-state index contributed by atoms with van der Waals surface area (Å²) in [6.07, 6.45) is 7.30. The van der Waals surface area contributed by atoms with Gasteiger partial charge in [0, 0.05) is 12.6 Å². The number of likely N-dealkylation sites (tertiary alicyclic amines) is 1. The molecule has 1 heterocycles. The largest absolute Gasteiger partial charge is 0.314 e. The zero-order valence-electron chi connectivity index (χ0n) is 11.0. The summed E-state index contributed by atoms with van der Waals surface area (Å²) in [6, 6.07) is 0.703. The third kappa shape index (κ3) is 3.74. The maximum atomic E-state index is 3.59. The number of rotatable bonds is 6. The second-order valence-electron chi connectivity index (χ2n) is 5.78. The molecule has 0 spiro atoms. The van der Waals surface area contributed by atoms with E-state index in [4.69, 9.17) is 0 Å². The second kappa shape index (κ2) is 6.02. The first-order valence-corrected chi connectivity index (χ1v) is 7.25. The molecule has 0 aromatic heterocycles. The Morgan fingerprint density at radius 3 is 2.81 bits per heavy atom. The van der Waals surface area contributed by atoms with Crippen molar-refractivity contribution in [3.05, 3.63) is 0 Å². The SMILES string of the molecule is CCNC(C)C1CCCN(CCC2CC2)C1. The molecule has 1 N–H and O–H groups in total. The highest BCUT2D eigenvalue weighted by atomic mass is 15.1. The average molecular weight is 224 g/mol. The zero-order valence-corrected chi connectivity index (χ0v) is 11.0. The lowest BCUT2D eigenvalue weighted by Crippen LogP contribution is -2.44. The lowest BCUT2D eigenvalue weighted by molar-refractivity contribution is 0.148. The zero-order chi connectivity index (χ0) is 11.4. The van der Waals surface area contributed by atoms with Gasteiger partial charge in [0.05, 0.1) is 0 Å². The van der Waals surface area contributed by atoms with Crippen LogP contribution in [0.3, 0.4) is 0 Å². The molecule has 2 atom stereocenters. The molecule has 2 rings (SSSR count). The Bertz CT molecular complexity index is 201. The Hall–Kier alpha value is -0.0800. The molecule has 0 aromatic rings. The van der Waals surface area contributed by atoms with Crippen molar-refractivity contribution in [2.45, 2.75) is 52.0 Å². The number of hydrogen-bond donors (Lipinski definition) is 1. The van der Waals surface area contributed by atoms with Gasteiger partial charge in [-0.05, 0) is 57.7 Å². The molecule has 2 fully saturated rings. The summed E-state index contributed by atoms with van der Waals surface area (Å²) in [5.74, 6) is 1.97. The van der Waals surface area contributed by atoms with Gasteiger partial charge in [-0.2, -0.15) is 0 Å². The van der Waals surface area contributed by atoms with E-state index in [0.29, 0.717) is 6.04 Å². The predicted molar refractivity (Wildman–Crippen MR) is 69.6 cm³/mol. The molecule has 0 aromatic carbocycles. The van der Waals surface area contributed by atoms with Gasteiger partial charge < -0.3 is 10.2 Å². The van der Waals surface area contributed by atoms with Crippen molar-refractivity contribution in [2.24, 2.45) is 11.8 Å². The van der Waals surface area contributed by atoms with Gasteiger partial charge in [0.15, 0.2) is 0 Å². The van der Waals surface area contributed by atoms with Crippen LogP contribution in [0.25, 0.3) is 0 Å². The van der Waals surface area contributed by atoms with Crippen molar-refractivity contribution in [1.29, 1.82) is 0 Å². The van der Waals surface area contributed by atoms with Crippen LogP contribution >= 0.6 is 0 Å². The van der Waals surface area contributed by atoms with E-state index in [-0.39, 0.29) is 0 Å². The van der Waals surface area contributed by atoms with Crippen LogP contribution in [-0.2, 0) is 0 Å². The first-order valence-electron chi connectivity index (χ1n) is 7.25. The summed E-state index contributed by atoms with van der Waals surface area (Å²) >= 11 is 0. The fourth-order valence-electron chi connectivity index (χ4n) is 2.96. The number of piperidine rings is 1. The number of nitrogens with zero attached hydrogens (tertiary/aromatic N) is 1. The molecule has 1 saturated heterocycles. The van der Waals surface area contributed by atoms with Gasteiger partial charge in [0.2, 0.25) is 0 Å². The quantitative estimate of drug-likeness (QED) is 0.746. The normalized spacial score (nSPS) is 29.2. The van der Waals surface area contributed by atoms with E-state index in [1.807, 2.05) is 0 Å². The van der Waals surface area contributed by atoms with Crippen LogP contribution < -0.4 is 5.32 Å². The van der Waals surface area contributed by atoms with Gasteiger partial charge in [0.1, 0.15) is 0 Å². The van der Waals surface area contributed by atoms with E-state index in [2.05, 4.69) is 24.1 Å². The molecule has 1 saturated carbocycles. The van der Waals surface area contributed by atoms with E-state index >= 15 is 0 Å². The standard InChI is InChI=1S/C14H28N2/c1-3-15-12(2)14-5-4-9-16(11-14)10-8-13-6-7-13/h12-15H,3-11H2,1-2H3. The summed E-state index contributed by atoms with van der Waals surface area (Å²) in [5, 5.41) is 3.59. The Labute approximate surface area is 101 Å². The fourth-order valence-corrected chi connectivity index (χ4v) is 2.96. The van der Waals surface area contributed by atoms with Crippen LogP contribution in [0.1, 0.15) is 46.0 Å². The van der Waals surface area contributed by atoms with Crippen LogP contribution in [0.4, 0.5) is 0 Å². The monoisotopic (exact) mass is 224 g/mol. The van der Waals surface area contributed by atoms with Crippen molar-refractivity contribution < 1.29 is 0 Å². The third-order valence-corrected chi connectivity index (χ3v) is 4.33. The minimum atomic E-state index is 0.703. The molecule has 2 heteroatoms. The molecule has 0 bridgehead atoms. The van der Waals surface area contributed by atoms with Crippen molar-refractivity contribution in [2.75, 3.05) is 26.2 Å². The van der Waals surface area contributed by atoms with E-state index in [0.717, 1.165) is 18.4 Å². The van der Waals surface area contributed by atoms with Gasteiger partial charge in [-0.25, -0.2) is 0 Å². The lowest BCUT2D eigenvalue weighted by atomic mass is 9.91. The summed E-state index contributed by atoms with van der Waals surface area (Å²) < 4.78 is 0. The van der Waals surface area contributed by atoms with Crippen LogP contribution in [-0.4, -0.2) is 37.1 Å². The molecular formula is C14H28N2. The Kier molecular flexibility index (Phi) is 4.66. The Morgan fingerprint density at radius 1 is 1.31 bits per heavy atom. The highest BCUT2D eigenvalue weighted by Gasteiger charge is 2.26. The van der Waals surface area contributed by atoms with Crippen molar-refractivity contribution >= 4 is 0 Å². The molecule has 2 unspecified atom stereocenters.